The predicted octanol–water partition coefficient (Wildman–Crippen LogP) is 3.50. The first-order valence-electron chi connectivity index (χ1n) is 6.62. The molecule has 0 saturated carbocycles. The average Bonchev–Trinajstić information content (AvgIpc) is 2.36. The van der Waals surface area contributed by atoms with Gasteiger partial charge < -0.3 is 9.64 Å². The molecule has 0 rings (SSSR count). The Morgan fingerprint density at radius 3 is 2.05 bits per heavy atom. The first-order valence-corrected chi connectivity index (χ1v) is 6.62. The van der Waals surface area contributed by atoms with Gasteiger partial charge in [0.05, 0.1) is 0 Å². The van der Waals surface area contributed by atoms with Gasteiger partial charge in [-0.15, -0.1) is 6.42 Å². The van der Waals surface area contributed by atoms with Crippen molar-refractivity contribution in [3.63, 3.8) is 0 Å². The number of hydrogen-bond acceptors (Lipinski definition) is 3. The molecule has 0 aliphatic rings. The van der Waals surface area contributed by atoms with Crippen LogP contribution in [0.5, 0.6) is 0 Å². The Labute approximate surface area is 118 Å². The monoisotopic (exact) mass is 271 g/mol. The third-order valence-corrected chi connectivity index (χ3v) is 1.62. The Morgan fingerprint density at radius 2 is 1.79 bits per heavy atom. The summed E-state index contributed by atoms with van der Waals surface area (Å²) < 4.78 is 5.18. The molecule has 0 unspecified atom stereocenters. The van der Waals surface area contributed by atoms with E-state index in [1.54, 1.807) is 17.9 Å². The largest absolute Gasteiger partial charge is 0.444 e. The SMILES string of the molecule is C#CC=O.CC.CCCCN(C)C(=O)OC(C)(C)C. The Kier molecular flexibility index (Phi) is 17.4. The van der Waals surface area contributed by atoms with Gasteiger partial charge >= 0.3 is 6.09 Å². The molecule has 0 aromatic carbocycles. The molecular formula is C15H29NO3. The number of hydrogen-bond donors (Lipinski definition) is 0. The molecule has 4 heteroatoms. The lowest BCUT2D eigenvalue weighted by atomic mass is 10.2. The van der Waals surface area contributed by atoms with Crippen LogP contribution in [0.1, 0.15) is 54.4 Å². The number of carbonyl (C=O) groups is 2. The van der Waals surface area contributed by atoms with Gasteiger partial charge in [0.25, 0.3) is 0 Å². The maximum absolute atomic E-state index is 11.4. The molecule has 0 aliphatic heterocycles. The van der Waals surface area contributed by atoms with Gasteiger partial charge in [0, 0.05) is 13.6 Å². The van der Waals surface area contributed by atoms with E-state index in [0.29, 0.717) is 6.29 Å². The fourth-order valence-corrected chi connectivity index (χ4v) is 0.826. The molecule has 0 aliphatic carbocycles. The van der Waals surface area contributed by atoms with Crippen LogP contribution in [0.25, 0.3) is 0 Å². The molecule has 0 N–H and O–H groups in total. The molecule has 0 fully saturated rings. The quantitative estimate of drug-likeness (QED) is 0.583. The summed E-state index contributed by atoms with van der Waals surface area (Å²) in [6, 6.07) is 0. The number of nitrogens with zero attached hydrogens (tertiary/aromatic N) is 1. The van der Waals surface area contributed by atoms with E-state index in [-0.39, 0.29) is 6.09 Å². The lowest BCUT2D eigenvalue weighted by molar-refractivity contribution is -0.103. The zero-order valence-corrected chi connectivity index (χ0v) is 13.4. The number of aldehydes is 1. The summed E-state index contributed by atoms with van der Waals surface area (Å²) in [6.45, 7) is 12.5. The van der Waals surface area contributed by atoms with Crippen molar-refractivity contribution >= 4 is 12.4 Å². The van der Waals surface area contributed by atoms with Crippen molar-refractivity contribution in [2.45, 2.75) is 60.0 Å². The van der Waals surface area contributed by atoms with Crippen LogP contribution in [0.3, 0.4) is 0 Å². The van der Waals surface area contributed by atoms with Gasteiger partial charge in [0.2, 0.25) is 0 Å². The highest BCUT2D eigenvalue weighted by atomic mass is 16.6. The van der Waals surface area contributed by atoms with Crippen LogP contribution in [-0.4, -0.2) is 36.5 Å². The van der Waals surface area contributed by atoms with Crippen molar-refractivity contribution in [1.82, 2.24) is 4.90 Å². The average molecular weight is 271 g/mol. The van der Waals surface area contributed by atoms with Crippen LogP contribution in [0.2, 0.25) is 0 Å². The number of rotatable bonds is 3. The fourth-order valence-electron chi connectivity index (χ4n) is 0.826. The number of terminal acetylenes is 1. The summed E-state index contributed by atoms with van der Waals surface area (Å²) in [5, 5.41) is 0. The second-order valence-corrected chi connectivity index (χ2v) is 4.54. The molecule has 0 aromatic heterocycles. The highest BCUT2D eigenvalue weighted by Gasteiger charge is 2.18. The van der Waals surface area contributed by atoms with Crippen molar-refractivity contribution in [2.75, 3.05) is 13.6 Å². The highest BCUT2D eigenvalue weighted by molar-refractivity contribution is 5.71. The van der Waals surface area contributed by atoms with E-state index in [9.17, 15) is 4.79 Å². The minimum absolute atomic E-state index is 0.235. The molecule has 0 aromatic rings. The Hall–Kier alpha value is -1.50. The smallest absolute Gasteiger partial charge is 0.410 e. The van der Waals surface area contributed by atoms with Gasteiger partial charge in [-0.25, -0.2) is 4.79 Å². The standard InChI is InChI=1S/C10H21NO2.C3H2O.C2H6/c1-6-7-8-11(5)9(12)13-10(2,3)4;1-2-3-4;1-2/h6-8H2,1-5H3;1,3H;1-2H3. The van der Waals surface area contributed by atoms with Crippen molar-refractivity contribution in [1.29, 1.82) is 0 Å². The van der Waals surface area contributed by atoms with E-state index in [1.165, 1.54) is 0 Å². The van der Waals surface area contributed by atoms with Gasteiger partial charge in [0.1, 0.15) is 5.60 Å². The van der Waals surface area contributed by atoms with Crippen molar-refractivity contribution in [2.24, 2.45) is 0 Å². The number of unbranched alkanes of at least 4 members (excludes halogenated alkanes) is 1. The first kappa shape index (κ1) is 22.7. The molecule has 0 spiro atoms. The zero-order chi connectivity index (χ0) is 15.9. The van der Waals surface area contributed by atoms with Gasteiger partial charge in [0.15, 0.2) is 6.29 Å². The maximum atomic E-state index is 11.4. The summed E-state index contributed by atoms with van der Waals surface area (Å²) in [4.78, 5) is 21.9. The van der Waals surface area contributed by atoms with E-state index in [2.05, 4.69) is 13.3 Å². The number of carbonyl (C=O) groups excluding carboxylic acids is 2. The molecule has 19 heavy (non-hydrogen) atoms. The topological polar surface area (TPSA) is 46.6 Å². The van der Waals surface area contributed by atoms with Crippen molar-refractivity contribution in [3.05, 3.63) is 0 Å². The Balaban J connectivity index is -0.000000361. The lowest BCUT2D eigenvalue weighted by Crippen LogP contribution is -2.34. The van der Waals surface area contributed by atoms with E-state index >= 15 is 0 Å². The Morgan fingerprint density at radius 1 is 1.37 bits per heavy atom. The molecule has 0 radical (unpaired) electrons. The molecule has 0 atom stereocenters. The lowest BCUT2D eigenvalue weighted by Gasteiger charge is -2.24. The van der Waals surface area contributed by atoms with E-state index < -0.39 is 5.60 Å². The van der Waals surface area contributed by atoms with Crippen molar-refractivity contribution in [3.8, 4) is 12.3 Å². The molecule has 0 heterocycles. The van der Waals surface area contributed by atoms with Gasteiger partial charge in [-0.1, -0.05) is 27.2 Å². The summed E-state index contributed by atoms with van der Waals surface area (Å²) in [5.41, 5.74) is -0.391. The van der Waals surface area contributed by atoms with Crippen LogP contribution in [-0.2, 0) is 9.53 Å². The number of ether oxygens (including phenoxy) is 1. The summed E-state index contributed by atoms with van der Waals surface area (Å²) in [6.07, 6.45) is 6.69. The van der Waals surface area contributed by atoms with Gasteiger partial charge in [-0.05, 0) is 33.1 Å². The molecule has 112 valence electrons. The second-order valence-electron chi connectivity index (χ2n) is 4.54. The zero-order valence-electron chi connectivity index (χ0n) is 13.4. The van der Waals surface area contributed by atoms with Gasteiger partial charge in [-0.3, -0.25) is 4.79 Å². The van der Waals surface area contributed by atoms with Gasteiger partial charge in [-0.2, -0.15) is 0 Å². The molecule has 0 bridgehead atoms. The maximum Gasteiger partial charge on any atom is 0.410 e. The minimum atomic E-state index is -0.391. The van der Waals surface area contributed by atoms with Crippen LogP contribution in [0, 0.1) is 12.3 Å². The minimum Gasteiger partial charge on any atom is -0.444 e. The third kappa shape index (κ3) is 22.2. The van der Waals surface area contributed by atoms with Crippen LogP contribution >= 0.6 is 0 Å². The van der Waals surface area contributed by atoms with E-state index in [1.807, 2.05) is 34.6 Å². The normalized spacial score (nSPS) is 8.74. The second kappa shape index (κ2) is 14.6. The predicted molar refractivity (Wildman–Crippen MR) is 80.0 cm³/mol. The third-order valence-electron chi connectivity index (χ3n) is 1.62. The molecule has 0 saturated heterocycles. The number of amides is 1. The summed E-state index contributed by atoms with van der Waals surface area (Å²) in [7, 11) is 1.77. The Bertz CT molecular complexity index is 262. The highest BCUT2D eigenvalue weighted by Crippen LogP contribution is 2.09. The van der Waals surface area contributed by atoms with Crippen molar-refractivity contribution < 1.29 is 14.3 Å². The summed E-state index contributed by atoms with van der Waals surface area (Å²) >= 11 is 0. The molecule has 4 nitrogen and oxygen atoms in total. The fraction of sp³-hybridized carbons (Fsp3) is 0.733. The van der Waals surface area contributed by atoms with E-state index in [0.717, 1.165) is 19.4 Å². The van der Waals surface area contributed by atoms with Crippen LogP contribution in [0.4, 0.5) is 4.79 Å². The molecular weight excluding hydrogens is 242 g/mol. The van der Waals surface area contributed by atoms with Crippen LogP contribution < -0.4 is 0 Å². The first-order chi connectivity index (χ1) is 8.78. The summed E-state index contributed by atoms with van der Waals surface area (Å²) in [5.74, 6) is 1.75. The molecule has 1 amide bonds. The van der Waals surface area contributed by atoms with E-state index in [4.69, 9.17) is 9.53 Å². The van der Waals surface area contributed by atoms with Crippen LogP contribution in [0.15, 0.2) is 0 Å².